The Hall–Kier alpha value is -0.310. The molecule has 1 N–H and O–H groups in total. The van der Waals surface area contributed by atoms with Crippen molar-refractivity contribution >= 4 is 65.1 Å². The number of anilines is 1. The van der Waals surface area contributed by atoms with Crippen LogP contribution in [0.3, 0.4) is 0 Å². The highest BCUT2D eigenvalue weighted by molar-refractivity contribution is 9.11. The van der Waals surface area contributed by atoms with E-state index in [-0.39, 0.29) is 28.8 Å². The first-order valence-corrected chi connectivity index (χ1v) is 9.61. The molecule has 0 saturated heterocycles. The van der Waals surface area contributed by atoms with Crippen LogP contribution in [0.2, 0.25) is 0 Å². The average Bonchev–Trinajstić information content (AvgIpc) is 2.39. The van der Waals surface area contributed by atoms with Crippen LogP contribution in [0.25, 0.3) is 0 Å². The standard InChI is InChI=1S/C12H14Br2ClNO4S/c1-7(5-15)6-21(18,19)16-11-9(12(17)20-2)3-8(13)4-10(11)14/h3-4,7,16H,5-6H2,1-2H3. The largest absolute Gasteiger partial charge is 0.465 e. The first-order chi connectivity index (χ1) is 9.70. The van der Waals surface area contributed by atoms with Gasteiger partial charge >= 0.3 is 5.97 Å². The lowest BCUT2D eigenvalue weighted by Gasteiger charge is -2.15. The van der Waals surface area contributed by atoms with Gasteiger partial charge in [-0.05, 0) is 34.0 Å². The Labute approximate surface area is 145 Å². The molecule has 0 aliphatic rings. The number of methoxy groups -OCH3 is 1. The van der Waals surface area contributed by atoms with Crippen molar-refractivity contribution in [2.75, 3.05) is 23.5 Å². The molecule has 5 nitrogen and oxygen atoms in total. The van der Waals surface area contributed by atoms with Gasteiger partial charge in [0.05, 0.1) is 24.1 Å². The number of rotatable bonds is 6. The fraction of sp³-hybridized carbons (Fsp3) is 0.417. The molecule has 0 radical (unpaired) electrons. The van der Waals surface area contributed by atoms with Crippen molar-refractivity contribution in [1.29, 1.82) is 0 Å². The van der Waals surface area contributed by atoms with Crippen LogP contribution >= 0.6 is 43.5 Å². The molecule has 0 bridgehead atoms. The Balaban J connectivity index is 3.21. The molecule has 1 rings (SSSR count). The van der Waals surface area contributed by atoms with Gasteiger partial charge in [-0.2, -0.15) is 0 Å². The van der Waals surface area contributed by atoms with Gasteiger partial charge in [-0.15, -0.1) is 11.6 Å². The Morgan fingerprint density at radius 3 is 2.57 bits per heavy atom. The van der Waals surface area contributed by atoms with Crippen molar-refractivity contribution in [1.82, 2.24) is 0 Å². The summed E-state index contributed by atoms with van der Waals surface area (Å²) in [7, 11) is -2.41. The predicted molar refractivity (Wildman–Crippen MR) is 90.5 cm³/mol. The van der Waals surface area contributed by atoms with E-state index in [1.807, 2.05) is 0 Å². The number of hydrogen-bond acceptors (Lipinski definition) is 4. The lowest BCUT2D eigenvalue weighted by molar-refractivity contribution is 0.0602. The maximum absolute atomic E-state index is 12.1. The molecule has 0 amide bonds. The van der Waals surface area contributed by atoms with Crippen molar-refractivity contribution in [3.63, 3.8) is 0 Å². The third-order valence-corrected chi connectivity index (χ3v) is 5.62. The third kappa shape index (κ3) is 5.43. The van der Waals surface area contributed by atoms with Gasteiger partial charge in [-0.1, -0.05) is 22.9 Å². The Kier molecular flexibility index (Phi) is 6.96. The van der Waals surface area contributed by atoms with E-state index in [2.05, 4.69) is 41.3 Å². The number of hydrogen-bond donors (Lipinski definition) is 1. The highest BCUT2D eigenvalue weighted by atomic mass is 79.9. The predicted octanol–water partition coefficient (Wildman–Crippen LogP) is 3.61. The van der Waals surface area contributed by atoms with Gasteiger partial charge in [0.15, 0.2) is 0 Å². The molecule has 0 heterocycles. The van der Waals surface area contributed by atoms with Gasteiger partial charge in [-0.25, -0.2) is 13.2 Å². The molecular weight excluding hydrogens is 449 g/mol. The third-order valence-electron chi connectivity index (χ3n) is 2.49. The number of carbonyl (C=O) groups is 1. The molecule has 0 aliphatic heterocycles. The molecule has 0 aliphatic carbocycles. The van der Waals surface area contributed by atoms with E-state index in [0.29, 0.717) is 8.95 Å². The Morgan fingerprint density at radius 2 is 2.05 bits per heavy atom. The molecule has 1 unspecified atom stereocenters. The summed E-state index contributed by atoms with van der Waals surface area (Å²) in [5, 5.41) is 0. The van der Waals surface area contributed by atoms with E-state index in [1.54, 1.807) is 13.0 Å². The zero-order valence-electron chi connectivity index (χ0n) is 11.3. The summed E-state index contributed by atoms with van der Waals surface area (Å²) in [6.45, 7) is 1.73. The monoisotopic (exact) mass is 461 g/mol. The first kappa shape index (κ1) is 18.7. The molecule has 0 spiro atoms. The second-order valence-corrected chi connectivity index (χ2v) is 8.29. The van der Waals surface area contributed by atoms with E-state index < -0.39 is 16.0 Å². The number of sulfonamides is 1. The van der Waals surface area contributed by atoms with Crippen LogP contribution in [-0.4, -0.2) is 33.1 Å². The molecule has 0 aromatic heterocycles. The van der Waals surface area contributed by atoms with E-state index in [1.165, 1.54) is 13.2 Å². The Bertz CT molecular complexity index is 636. The van der Waals surface area contributed by atoms with Crippen LogP contribution in [0.15, 0.2) is 21.1 Å². The van der Waals surface area contributed by atoms with Crippen LogP contribution in [0.4, 0.5) is 5.69 Å². The molecule has 9 heteroatoms. The van der Waals surface area contributed by atoms with Gasteiger partial charge in [-0.3, -0.25) is 4.72 Å². The maximum Gasteiger partial charge on any atom is 0.340 e. The number of halogens is 3. The summed E-state index contributed by atoms with van der Waals surface area (Å²) in [6.07, 6.45) is 0. The summed E-state index contributed by atoms with van der Waals surface area (Å²) in [5.41, 5.74) is 0.257. The second kappa shape index (κ2) is 7.80. The molecule has 118 valence electrons. The minimum atomic E-state index is -3.63. The smallest absolute Gasteiger partial charge is 0.340 e. The summed E-state index contributed by atoms with van der Waals surface area (Å²) < 4.78 is 32.4. The number of nitrogens with one attached hydrogen (secondary N) is 1. The molecule has 1 aromatic rings. The van der Waals surface area contributed by atoms with Crippen molar-refractivity contribution < 1.29 is 17.9 Å². The molecule has 0 fully saturated rings. The average molecular weight is 464 g/mol. The highest BCUT2D eigenvalue weighted by Crippen LogP contribution is 2.32. The van der Waals surface area contributed by atoms with Crippen molar-refractivity contribution in [2.24, 2.45) is 5.92 Å². The first-order valence-electron chi connectivity index (χ1n) is 5.84. The number of carbonyl (C=O) groups excluding carboxylic acids is 1. The minimum Gasteiger partial charge on any atom is -0.465 e. The van der Waals surface area contributed by atoms with Crippen LogP contribution in [0, 0.1) is 5.92 Å². The molecule has 1 atom stereocenters. The zero-order chi connectivity index (χ0) is 16.2. The molecule has 21 heavy (non-hydrogen) atoms. The van der Waals surface area contributed by atoms with Gasteiger partial charge in [0, 0.05) is 14.8 Å². The lowest BCUT2D eigenvalue weighted by atomic mass is 10.2. The van der Waals surface area contributed by atoms with Gasteiger partial charge < -0.3 is 4.74 Å². The molecular formula is C12H14Br2ClNO4S. The SMILES string of the molecule is COC(=O)c1cc(Br)cc(Br)c1NS(=O)(=O)CC(C)CCl. The lowest BCUT2D eigenvalue weighted by Crippen LogP contribution is -2.23. The molecule has 0 saturated carbocycles. The Morgan fingerprint density at radius 1 is 1.43 bits per heavy atom. The summed E-state index contributed by atoms with van der Waals surface area (Å²) in [4.78, 5) is 11.8. The number of ether oxygens (including phenoxy) is 1. The molecule has 1 aromatic carbocycles. The normalized spacial score (nSPS) is 12.8. The van der Waals surface area contributed by atoms with Crippen LogP contribution < -0.4 is 4.72 Å². The van der Waals surface area contributed by atoms with Crippen molar-refractivity contribution in [3.8, 4) is 0 Å². The van der Waals surface area contributed by atoms with Crippen molar-refractivity contribution in [2.45, 2.75) is 6.92 Å². The summed E-state index contributed by atoms with van der Waals surface area (Å²) in [6, 6.07) is 3.12. The fourth-order valence-corrected chi connectivity index (χ4v) is 4.74. The van der Waals surface area contributed by atoms with E-state index in [9.17, 15) is 13.2 Å². The van der Waals surface area contributed by atoms with E-state index >= 15 is 0 Å². The van der Waals surface area contributed by atoms with Crippen LogP contribution in [0.1, 0.15) is 17.3 Å². The maximum atomic E-state index is 12.1. The van der Waals surface area contributed by atoms with Crippen LogP contribution in [0.5, 0.6) is 0 Å². The minimum absolute atomic E-state index is 0.112. The second-order valence-electron chi connectivity index (χ2n) is 4.44. The van der Waals surface area contributed by atoms with Crippen molar-refractivity contribution in [3.05, 3.63) is 26.6 Å². The topological polar surface area (TPSA) is 72.5 Å². The number of esters is 1. The number of alkyl halides is 1. The highest BCUT2D eigenvalue weighted by Gasteiger charge is 2.22. The fourth-order valence-electron chi connectivity index (χ4n) is 1.56. The van der Waals surface area contributed by atoms with Crippen LogP contribution in [-0.2, 0) is 14.8 Å². The van der Waals surface area contributed by atoms with E-state index in [4.69, 9.17) is 11.6 Å². The van der Waals surface area contributed by atoms with Gasteiger partial charge in [0.2, 0.25) is 10.0 Å². The summed E-state index contributed by atoms with van der Waals surface area (Å²) >= 11 is 12.1. The van der Waals surface area contributed by atoms with Gasteiger partial charge in [0.1, 0.15) is 0 Å². The van der Waals surface area contributed by atoms with E-state index in [0.717, 1.165) is 0 Å². The number of benzene rings is 1. The summed E-state index contributed by atoms with van der Waals surface area (Å²) in [5.74, 6) is -0.758. The zero-order valence-corrected chi connectivity index (χ0v) is 16.1. The quantitative estimate of drug-likeness (QED) is 0.517. The van der Waals surface area contributed by atoms with Gasteiger partial charge in [0.25, 0.3) is 0 Å².